The Labute approximate surface area is 224 Å². The third-order valence-corrected chi connectivity index (χ3v) is 8.13. The Bertz CT molecular complexity index is 1710. The highest BCUT2D eigenvalue weighted by Gasteiger charge is 2.22. The van der Waals surface area contributed by atoms with E-state index in [0.29, 0.717) is 21.3 Å². The minimum Gasteiger partial charge on any atom is -0.334 e. The maximum absolute atomic E-state index is 12.4. The Morgan fingerprint density at radius 2 is 1.63 bits per heavy atom. The van der Waals surface area contributed by atoms with Crippen molar-refractivity contribution in [1.82, 2.24) is 4.72 Å². The molecule has 0 radical (unpaired) electrons. The monoisotopic (exact) mass is 541 g/mol. The van der Waals surface area contributed by atoms with Crippen LogP contribution < -0.4 is 10.0 Å². The molecule has 0 saturated carbocycles. The van der Waals surface area contributed by atoms with E-state index in [2.05, 4.69) is 15.0 Å². The van der Waals surface area contributed by atoms with Crippen LogP contribution in [0.25, 0.3) is 16.8 Å². The molecule has 0 bridgehead atoms. The second kappa shape index (κ2) is 10.6. The molecule has 2 amide bonds. The van der Waals surface area contributed by atoms with Crippen LogP contribution >= 0.6 is 11.8 Å². The van der Waals surface area contributed by atoms with E-state index in [0.717, 1.165) is 21.9 Å². The quantitative estimate of drug-likeness (QED) is 0.322. The Kier molecular flexibility index (Phi) is 7.13. The molecule has 1 aliphatic heterocycles. The van der Waals surface area contributed by atoms with Crippen LogP contribution in [0.15, 0.2) is 106 Å². The highest BCUT2D eigenvalue weighted by atomic mass is 32.2. The number of rotatable bonds is 6. The molecule has 0 fully saturated rings. The van der Waals surface area contributed by atoms with Gasteiger partial charge in [-0.25, -0.2) is 13.1 Å². The fourth-order valence-corrected chi connectivity index (χ4v) is 5.71. The van der Waals surface area contributed by atoms with E-state index >= 15 is 0 Å². The topological polar surface area (TPSA) is 105 Å². The number of amidine groups is 1. The number of nitrogens with one attached hydrogen (secondary N) is 2. The number of thioether (sulfide) groups is 1. The molecule has 9 heteroatoms. The number of carbonyl (C=O) groups is 2. The van der Waals surface area contributed by atoms with Crippen LogP contribution in [0.3, 0.4) is 0 Å². The largest absolute Gasteiger partial charge is 0.334 e. The number of fused-ring (bicyclic) bond motifs is 1. The minimum atomic E-state index is -3.93. The van der Waals surface area contributed by atoms with E-state index in [9.17, 15) is 18.0 Å². The summed E-state index contributed by atoms with van der Waals surface area (Å²) in [5.74, 6) is -0.940. The van der Waals surface area contributed by atoms with Gasteiger partial charge in [0.15, 0.2) is 5.17 Å². The molecule has 2 N–H and O–H groups in total. The van der Waals surface area contributed by atoms with Gasteiger partial charge in [-0.3, -0.25) is 9.59 Å². The number of sulfonamides is 1. The van der Waals surface area contributed by atoms with Crippen LogP contribution in [0, 0.1) is 6.92 Å². The van der Waals surface area contributed by atoms with Gasteiger partial charge in [-0.1, -0.05) is 66.2 Å². The van der Waals surface area contributed by atoms with Gasteiger partial charge in [-0.15, -0.1) is 0 Å². The van der Waals surface area contributed by atoms with Crippen LogP contribution in [0.5, 0.6) is 0 Å². The molecule has 4 aromatic rings. The van der Waals surface area contributed by atoms with Crippen molar-refractivity contribution in [3.8, 4) is 0 Å². The minimum absolute atomic E-state index is 0.0365. The van der Waals surface area contributed by atoms with Crippen molar-refractivity contribution in [2.24, 2.45) is 4.99 Å². The summed E-state index contributed by atoms with van der Waals surface area (Å²) >= 11 is 1.25. The highest BCUT2D eigenvalue weighted by molar-refractivity contribution is 8.18. The highest BCUT2D eigenvalue weighted by Crippen LogP contribution is 2.30. The summed E-state index contributed by atoms with van der Waals surface area (Å²) in [7, 11) is -3.93. The van der Waals surface area contributed by atoms with Gasteiger partial charge in [0, 0.05) is 5.69 Å². The Balaban J connectivity index is 1.19. The SMILES string of the molecule is Cc1ccc(S(=O)(=O)NC(=O)Cc2ccc(NC3=NC(=O)C(=Cc4ccc5ccccc5c4)S3)cc2)cc1. The lowest BCUT2D eigenvalue weighted by molar-refractivity contribution is -0.118. The molecular formula is C29H23N3O4S2. The molecule has 1 heterocycles. The summed E-state index contributed by atoms with van der Waals surface area (Å²) in [6.45, 7) is 1.85. The van der Waals surface area contributed by atoms with Crippen LogP contribution in [0.2, 0.25) is 0 Å². The first kappa shape index (κ1) is 25.4. The lowest BCUT2D eigenvalue weighted by Crippen LogP contribution is -2.31. The molecule has 5 rings (SSSR count). The van der Waals surface area contributed by atoms with Crippen LogP contribution in [-0.2, 0) is 26.0 Å². The van der Waals surface area contributed by atoms with Crippen molar-refractivity contribution < 1.29 is 18.0 Å². The summed E-state index contributed by atoms with van der Waals surface area (Å²) < 4.78 is 27.0. The third kappa shape index (κ3) is 6.01. The maximum atomic E-state index is 12.4. The van der Waals surface area contributed by atoms with Crippen molar-refractivity contribution in [1.29, 1.82) is 0 Å². The van der Waals surface area contributed by atoms with E-state index < -0.39 is 15.9 Å². The van der Waals surface area contributed by atoms with Crippen LogP contribution in [0.4, 0.5) is 5.69 Å². The maximum Gasteiger partial charge on any atom is 0.286 e. The molecule has 0 atom stereocenters. The van der Waals surface area contributed by atoms with Gasteiger partial charge in [0.2, 0.25) is 5.91 Å². The summed E-state index contributed by atoms with van der Waals surface area (Å²) in [6.07, 6.45) is 1.72. The zero-order chi connectivity index (χ0) is 26.7. The summed E-state index contributed by atoms with van der Waals surface area (Å²) in [4.78, 5) is 29.5. The normalized spacial score (nSPS) is 14.5. The predicted molar refractivity (Wildman–Crippen MR) is 152 cm³/mol. The number of hydrogen-bond donors (Lipinski definition) is 2. The molecule has 0 spiro atoms. The van der Waals surface area contributed by atoms with E-state index in [4.69, 9.17) is 0 Å². The molecule has 0 aromatic heterocycles. The van der Waals surface area contributed by atoms with E-state index in [1.54, 1.807) is 36.4 Å². The molecule has 190 valence electrons. The number of anilines is 1. The second-order valence-corrected chi connectivity index (χ2v) is 11.5. The summed E-state index contributed by atoms with van der Waals surface area (Å²) in [5, 5.41) is 5.80. The van der Waals surface area contributed by atoms with E-state index in [1.165, 1.54) is 23.9 Å². The number of nitrogens with zero attached hydrogens (tertiary/aromatic N) is 1. The summed E-state index contributed by atoms with van der Waals surface area (Å²) in [5.41, 5.74) is 3.17. The zero-order valence-electron chi connectivity index (χ0n) is 20.3. The first-order valence-electron chi connectivity index (χ1n) is 11.7. The van der Waals surface area contributed by atoms with Gasteiger partial charge in [0.05, 0.1) is 16.2 Å². The third-order valence-electron chi connectivity index (χ3n) is 5.84. The molecule has 38 heavy (non-hydrogen) atoms. The second-order valence-electron chi connectivity index (χ2n) is 8.78. The number of benzene rings is 4. The fraction of sp³-hybridized carbons (Fsp3) is 0.0690. The van der Waals surface area contributed by atoms with Crippen molar-refractivity contribution >= 4 is 61.3 Å². The summed E-state index contributed by atoms with van der Waals surface area (Å²) in [6, 6.07) is 27.2. The Hall–Kier alpha value is -4.21. The van der Waals surface area contributed by atoms with E-state index in [1.807, 2.05) is 55.5 Å². The molecule has 0 saturated heterocycles. The molecule has 0 aliphatic carbocycles. The predicted octanol–water partition coefficient (Wildman–Crippen LogP) is 5.28. The van der Waals surface area contributed by atoms with Crippen molar-refractivity contribution in [2.45, 2.75) is 18.2 Å². The van der Waals surface area contributed by atoms with E-state index in [-0.39, 0.29) is 17.2 Å². The number of amides is 2. The first-order chi connectivity index (χ1) is 18.2. The van der Waals surface area contributed by atoms with Crippen molar-refractivity contribution in [3.63, 3.8) is 0 Å². The van der Waals surface area contributed by atoms with Gasteiger partial charge >= 0.3 is 0 Å². The Morgan fingerprint density at radius 1 is 0.921 bits per heavy atom. The molecule has 1 aliphatic rings. The molecule has 7 nitrogen and oxygen atoms in total. The zero-order valence-corrected chi connectivity index (χ0v) is 22.0. The average Bonchev–Trinajstić information content (AvgIpc) is 3.23. The molecule has 0 unspecified atom stereocenters. The van der Waals surface area contributed by atoms with Crippen LogP contribution in [0.1, 0.15) is 16.7 Å². The molecule has 4 aromatic carbocycles. The van der Waals surface area contributed by atoms with Crippen LogP contribution in [-0.4, -0.2) is 25.4 Å². The smallest absolute Gasteiger partial charge is 0.286 e. The van der Waals surface area contributed by atoms with Crippen molar-refractivity contribution in [3.05, 3.63) is 113 Å². The lowest BCUT2D eigenvalue weighted by Gasteiger charge is -2.08. The Morgan fingerprint density at radius 3 is 2.37 bits per heavy atom. The standard InChI is InChI=1S/C29H23N3O4S2/c1-19-6-14-25(15-7-19)38(35,36)32-27(33)18-20-9-12-24(13-10-20)30-29-31-28(34)26(37-29)17-21-8-11-22-4-2-3-5-23(22)16-21/h2-17H,18H2,1H3,(H,32,33)(H,30,31,34). The van der Waals surface area contributed by atoms with Gasteiger partial charge < -0.3 is 5.32 Å². The van der Waals surface area contributed by atoms with Gasteiger partial charge in [0.1, 0.15) is 0 Å². The average molecular weight is 542 g/mol. The first-order valence-corrected chi connectivity index (χ1v) is 14.0. The van der Waals surface area contributed by atoms with Gasteiger partial charge in [0.25, 0.3) is 15.9 Å². The fourth-order valence-electron chi connectivity index (χ4n) is 3.89. The number of aliphatic imine (C=N–C) groups is 1. The molecular weight excluding hydrogens is 518 g/mol. The van der Waals surface area contributed by atoms with Gasteiger partial charge in [-0.05, 0) is 77.0 Å². The number of carbonyl (C=O) groups excluding carboxylic acids is 2. The lowest BCUT2D eigenvalue weighted by atomic mass is 10.1. The van der Waals surface area contributed by atoms with Gasteiger partial charge in [-0.2, -0.15) is 4.99 Å². The van der Waals surface area contributed by atoms with Crippen molar-refractivity contribution in [2.75, 3.05) is 5.32 Å². The number of aryl methyl sites for hydroxylation is 1. The number of hydrogen-bond acceptors (Lipinski definition) is 6.